The zero-order valence-corrected chi connectivity index (χ0v) is 27.9. The van der Waals surface area contributed by atoms with Crippen LogP contribution >= 0.6 is 0 Å². The minimum absolute atomic E-state index is 0.599. The van der Waals surface area contributed by atoms with Crippen LogP contribution < -0.4 is 0 Å². The molecule has 3 aromatic heterocycles. The van der Waals surface area contributed by atoms with Gasteiger partial charge >= 0.3 is 0 Å². The van der Waals surface area contributed by atoms with Crippen LogP contribution in [0, 0.1) is 0 Å². The molecule has 11 rings (SSSR count). The lowest BCUT2D eigenvalue weighted by Gasteiger charge is -2.11. The zero-order chi connectivity index (χ0) is 34.2. The molecular formula is C47H28N4O. The van der Waals surface area contributed by atoms with Gasteiger partial charge in [-0.05, 0) is 76.1 Å². The van der Waals surface area contributed by atoms with Crippen LogP contribution in [0.3, 0.4) is 0 Å². The second-order valence-corrected chi connectivity index (χ2v) is 13.2. The first kappa shape index (κ1) is 28.7. The normalized spacial score (nSPS) is 11.8. The first-order chi connectivity index (χ1) is 25.8. The summed E-state index contributed by atoms with van der Waals surface area (Å²) in [6.07, 6.45) is 0. The molecule has 52 heavy (non-hydrogen) atoms. The van der Waals surface area contributed by atoms with Crippen molar-refractivity contribution in [2.45, 2.75) is 0 Å². The van der Waals surface area contributed by atoms with E-state index in [-0.39, 0.29) is 0 Å². The Hall–Kier alpha value is -7.11. The fourth-order valence-electron chi connectivity index (χ4n) is 7.82. The van der Waals surface area contributed by atoms with Gasteiger partial charge in [-0.25, -0.2) is 15.0 Å². The summed E-state index contributed by atoms with van der Waals surface area (Å²) in [5, 5.41) is 9.08. The molecule has 0 N–H and O–H groups in total. The van der Waals surface area contributed by atoms with E-state index in [1.54, 1.807) is 0 Å². The SMILES string of the molecule is c1ccc(-n2c3ccccc3c3cc(-c4nc(-c5ccc6ccc7ccccc7c6c5)nc(-c5cccc6oc7ccccc7c56)n4)ccc32)cc1. The number of nitrogens with zero attached hydrogens (tertiary/aromatic N) is 4. The lowest BCUT2D eigenvalue weighted by molar-refractivity contribution is 0.669. The summed E-state index contributed by atoms with van der Waals surface area (Å²) >= 11 is 0. The van der Waals surface area contributed by atoms with Crippen LogP contribution in [0.2, 0.25) is 0 Å². The maximum absolute atomic E-state index is 6.29. The maximum atomic E-state index is 6.29. The van der Waals surface area contributed by atoms with Crippen molar-refractivity contribution in [2.24, 2.45) is 0 Å². The Morgan fingerprint density at radius 3 is 1.83 bits per heavy atom. The molecule has 0 aliphatic carbocycles. The molecule has 11 aromatic rings. The minimum atomic E-state index is 0.599. The van der Waals surface area contributed by atoms with E-state index >= 15 is 0 Å². The highest BCUT2D eigenvalue weighted by Crippen LogP contribution is 2.38. The zero-order valence-electron chi connectivity index (χ0n) is 27.9. The molecule has 0 aliphatic heterocycles. The van der Waals surface area contributed by atoms with Crippen molar-refractivity contribution >= 4 is 65.3 Å². The number of fused-ring (bicyclic) bond motifs is 9. The smallest absolute Gasteiger partial charge is 0.164 e. The molecule has 5 heteroatoms. The van der Waals surface area contributed by atoms with Crippen molar-refractivity contribution in [1.29, 1.82) is 0 Å². The summed E-state index contributed by atoms with van der Waals surface area (Å²) in [7, 11) is 0. The van der Waals surface area contributed by atoms with Crippen molar-refractivity contribution in [3.63, 3.8) is 0 Å². The van der Waals surface area contributed by atoms with Crippen LogP contribution in [0.25, 0.3) is 105 Å². The van der Waals surface area contributed by atoms with Crippen LogP contribution in [-0.4, -0.2) is 19.5 Å². The van der Waals surface area contributed by atoms with Crippen molar-refractivity contribution in [1.82, 2.24) is 19.5 Å². The molecule has 3 heterocycles. The van der Waals surface area contributed by atoms with E-state index in [0.717, 1.165) is 66.1 Å². The van der Waals surface area contributed by atoms with Crippen molar-refractivity contribution in [3.8, 4) is 39.9 Å². The van der Waals surface area contributed by atoms with Gasteiger partial charge in [0.1, 0.15) is 11.2 Å². The van der Waals surface area contributed by atoms with Crippen LogP contribution in [0.1, 0.15) is 0 Å². The van der Waals surface area contributed by atoms with Gasteiger partial charge in [0.15, 0.2) is 17.5 Å². The summed E-state index contributed by atoms with van der Waals surface area (Å²) in [6.45, 7) is 0. The summed E-state index contributed by atoms with van der Waals surface area (Å²) in [5.74, 6) is 1.83. The van der Waals surface area contributed by atoms with Crippen LogP contribution in [0.5, 0.6) is 0 Å². The Balaban J connectivity index is 1.18. The molecule has 0 radical (unpaired) electrons. The molecule has 8 aromatic carbocycles. The third-order valence-corrected chi connectivity index (χ3v) is 10.2. The molecule has 242 valence electrons. The number of hydrogen-bond donors (Lipinski definition) is 0. The van der Waals surface area contributed by atoms with Crippen molar-refractivity contribution in [3.05, 3.63) is 170 Å². The fraction of sp³-hybridized carbons (Fsp3) is 0. The molecule has 0 spiro atoms. The lowest BCUT2D eigenvalue weighted by atomic mass is 9.99. The molecule has 0 aliphatic rings. The maximum Gasteiger partial charge on any atom is 0.164 e. The van der Waals surface area contributed by atoms with Gasteiger partial charge in [-0.2, -0.15) is 0 Å². The van der Waals surface area contributed by atoms with Gasteiger partial charge in [0.05, 0.1) is 11.0 Å². The van der Waals surface area contributed by atoms with E-state index in [1.807, 2.05) is 30.3 Å². The standard InChI is InChI=1S/C47H28N4O/c1-2-12-33(13-3-1)51-40-18-8-6-15-35(40)39-28-32(25-26-41(39)51)46-48-45(31-24-23-30-22-21-29-11-4-5-14-34(29)38(30)27-31)49-47(50-46)37-17-10-20-43-44(37)36-16-7-9-19-42(36)52-43/h1-28H. The van der Waals surface area contributed by atoms with E-state index in [0.29, 0.717) is 17.5 Å². The average Bonchev–Trinajstić information content (AvgIpc) is 3.76. The third-order valence-electron chi connectivity index (χ3n) is 10.2. The minimum Gasteiger partial charge on any atom is -0.456 e. The van der Waals surface area contributed by atoms with E-state index in [4.69, 9.17) is 19.4 Å². The van der Waals surface area contributed by atoms with Crippen molar-refractivity contribution < 1.29 is 4.42 Å². The molecule has 0 unspecified atom stereocenters. The Morgan fingerprint density at radius 2 is 0.981 bits per heavy atom. The highest BCUT2D eigenvalue weighted by Gasteiger charge is 2.19. The van der Waals surface area contributed by atoms with Gasteiger partial charge < -0.3 is 8.98 Å². The van der Waals surface area contributed by atoms with Gasteiger partial charge in [-0.1, -0.05) is 115 Å². The summed E-state index contributed by atoms with van der Waals surface area (Å²) in [4.78, 5) is 15.7. The Labute approximate surface area is 298 Å². The molecule has 5 nitrogen and oxygen atoms in total. The van der Waals surface area contributed by atoms with Gasteiger partial charge in [0.25, 0.3) is 0 Å². The second kappa shape index (κ2) is 11.2. The highest BCUT2D eigenvalue weighted by molar-refractivity contribution is 6.13. The largest absolute Gasteiger partial charge is 0.456 e. The van der Waals surface area contributed by atoms with Crippen LogP contribution in [-0.2, 0) is 0 Å². The number of aromatic nitrogens is 4. The monoisotopic (exact) mass is 664 g/mol. The molecule has 0 saturated carbocycles. The molecule has 0 amide bonds. The van der Waals surface area contributed by atoms with Gasteiger partial charge in [-0.3, -0.25) is 0 Å². The molecular weight excluding hydrogens is 637 g/mol. The number of rotatable bonds is 4. The topological polar surface area (TPSA) is 56.7 Å². The Kier molecular flexibility index (Phi) is 6.18. The quantitative estimate of drug-likeness (QED) is 0.176. The summed E-state index contributed by atoms with van der Waals surface area (Å²) in [5.41, 5.74) is 7.79. The first-order valence-electron chi connectivity index (χ1n) is 17.4. The summed E-state index contributed by atoms with van der Waals surface area (Å²) in [6, 6.07) is 59.2. The third kappa shape index (κ3) is 4.39. The Morgan fingerprint density at radius 1 is 0.385 bits per heavy atom. The van der Waals surface area contributed by atoms with Crippen molar-refractivity contribution in [2.75, 3.05) is 0 Å². The average molecular weight is 665 g/mol. The van der Waals surface area contributed by atoms with Crippen LogP contribution in [0.4, 0.5) is 0 Å². The van der Waals surface area contributed by atoms with E-state index in [1.165, 1.54) is 21.5 Å². The number of benzene rings is 8. The van der Waals surface area contributed by atoms with Gasteiger partial charge in [0.2, 0.25) is 0 Å². The molecule has 0 saturated heterocycles. The van der Waals surface area contributed by atoms with Crippen LogP contribution in [0.15, 0.2) is 174 Å². The number of para-hydroxylation sites is 3. The number of hydrogen-bond acceptors (Lipinski definition) is 4. The predicted molar refractivity (Wildman–Crippen MR) is 213 cm³/mol. The fourth-order valence-corrected chi connectivity index (χ4v) is 7.82. The van der Waals surface area contributed by atoms with Gasteiger partial charge in [-0.15, -0.1) is 0 Å². The molecule has 0 atom stereocenters. The Bertz CT molecular complexity index is 3190. The van der Waals surface area contributed by atoms with E-state index in [9.17, 15) is 0 Å². The lowest BCUT2D eigenvalue weighted by Crippen LogP contribution is -2.00. The molecule has 0 bridgehead atoms. The first-order valence-corrected chi connectivity index (χ1v) is 17.4. The highest BCUT2D eigenvalue weighted by atomic mass is 16.3. The predicted octanol–water partition coefficient (Wildman–Crippen LogP) is 12.2. The van der Waals surface area contributed by atoms with E-state index < -0.39 is 0 Å². The molecule has 0 fully saturated rings. The van der Waals surface area contributed by atoms with Gasteiger partial charge in [0, 0.05) is 43.9 Å². The second-order valence-electron chi connectivity index (χ2n) is 13.2. The summed E-state index contributed by atoms with van der Waals surface area (Å²) < 4.78 is 8.61. The van der Waals surface area contributed by atoms with E-state index in [2.05, 4.69) is 144 Å². The number of furan rings is 1.